The third-order valence-electron chi connectivity index (χ3n) is 6.73. The van der Waals surface area contributed by atoms with Crippen LogP contribution in [0.15, 0.2) is 29.1 Å². The summed E-state index contributed by atoms with van der Waals surface area (Å²) in [5.74, 6) is 2.67. The molecule has 0 bridgehead atoms. The molecule has 132 valence electrons. The number of rotatable bonds is 6. The molecule has 1 aromatic carbocycles. The Labute approximate surface area is 149 Å². The minimum Gasteiger partial charge on any atom is -0.267 e. The van der Waals surface area contributed by atoms with Gasteiger partial charge in [-0.2, -0.15) is 5.10 Å². The second-order valence-electron chi connectivity index (χ2n) is 8.78. The van der Waals surface area contributed by atoms with Gasteiger partial charge < -0.3 is 0 Å². The van der Waals surface area contributed by atoms with E-state index in [1.165, 1.54) is 51.4 Å². The van der Waals surface area contributed by atoms with Gasteiger partial charge in [0.05, 0.1) is 17.1 Å². The fourth-order valence-electron chi connectivity index (χ4n) is 4.80. The number of fused-ring (bicyclic) bond motifs is 1. The van der Waals surface area contributed by atoms with Crippen molar-refractivity contribution in [2.45, 2.75) is 70.3 Å². The first-order valence-electron chi connectivity index (χ1n) is 10.2. The van der Waals surface area contributed by atoms with Crippen LogP contribution in [-0.2, 0) is 0 Å². The van der Waals surface area contributed by atoms with Crippen LogP contribution in [-0.4, -0.2) is 9.78 Å². The van der Waals surface area contributed by atoms with Gasteiger partial charge in [-0.05, 0) is 55.9 Å². The molecule has 1 atom stereocenters. The Morgan fingerprint density at radius 2 is 1.68 bits per heavy atom. The average Bonchev–Trinajstić information content (AvgIpc) is 3.48. The molecule has 25 heavy (non-hydrogen) atoms. The third kappa shape index (κ3) is 2.82. The van der Waals surface area contributed by atoms with E-state index in [0.717, 1.165) is 22.4 Å². The Kier molecular flexibility index (Phi) is 3.72. The maximum Gasteiger partial charge on any atom is 0.274 e. The van der Waals surface area contributed by atoms with E-state index < -0.39 is 0 Å². The van der Waals surface area contributed by atoms with Gasteiger partial charge in [-0.15, -0.1) is 0 Å². The SMILES string of the molecule is C[C@@H](CC1CCC1)c1nn(C(C2CC2)C2CC2)c(=O)c2ccccc12. The lowest BCUT2D eigenvalue weighted by Gasteiger charge is -2.29. The molecule has 0 aliphatic heterocycles. The third-order valence-corrected chi connectivity index (χ3v) is 6.73. The van der Waals surface area contributed by atoms with Gasteiger partial charge in [-0.25, -0.2) is 4.68 Å². The molecule has 3 heteroatoms. The maximum atomic E-state index is 13.2. The van der Waals surface area contributed by atoms with E-state index >= 15 is 0 Å². The first-order chi connectivity index (χ1) is 12.2. The summed E-state index contributed by atoms with van der Waals surface area (Å²) in [5, 5.41) is 7.00. The second kappa shape index (κ2) is 5.96. The quantitative estimate of drug-likeness (QED) is 0.740. The van der Waals surface area contributed by atoms with Crippen molar-refractivity contribution >= 4 is 10.8 Å². The largest absolute Gasteiger partial charge is 0.274 e. The van der Waals surface area contributed by atoms with E-state index in [1.54, 1.807) is 0 Å². The molecule has 1 aromatic heterocycles. The summed E-state index contributed by atoms with van der Waals surface area (Å²) >= 11 is 0. The van der Waals surface area contributed by atoms with Crippen molar-refractivity contribution in [2.75, 3.05) is 0 Å². The number of hydrogen-bond donors (Lipinski definition) is 0. The lowest BCUT2D eigenvalue weighted by molar-refractivity contribution is 0.276. The van der Waals surface area contributed by atoms with Crippen LogP contribution in [0.4, 0.5) is 0 Å². The van der Waals surface area contributed by atoms with Gasteiger partial charge in [0.25, 0.3) is 5.56 Å². The topological polar surface area (TPSA) is 34.9 Å². The first kappa shape index (κ1) is 15.6. The van der Waals surface area contributed by atoms with Crippen molar-refractivity contribution in [3.05, 3.63) is 40.3 Å². The summed E-state index contributed by atoms with van der Waals surface area (Å²) in [6.07, 6.45) is 10.4. The summed E-state index contributed by atoms with van der Waals surface area (Å²) < 4.78 is 1.92. The molecular formula is C22H28N2O. The van der Waals surface area contributed by atoms with E-state index in [-0.39, 0.29) is 5.56 Å². The molecule has 3 fully saturated rings. The van der Waals surface area contributed by atoms with Crippen molar-refractivity contribution in [1.82, 2.24) is 9.78 Å². The highest BCUT2D eigenvalue weighted by atomic mass is 16.1. The van der Waals surface area contributed by atoms with Crippen LogP contribution in [0.1, 0.15) is 75.9 Å². The van der Waals surface area contributed by atoms with Crippen molar-refractivity contribution in [3.8, 4) is 0 Å². The Hall–Kier alpha value is -1.64. The normalized spacial score (nSPS) is 22.3. The van der Waals surface area contributed by atoms with Crippen LogP contribution >= 0.6 is 0 Å². The molecule has 0 amide bonds. The molecule has 0 unspecified atom stereocenters. The fourth-order valence-corrected chi connectivity index (χ4v) is 4.80. The molecule has 5 rings (SSSR count). The smallest absolute Gasteiger partial charge is 0.267 e. The van der Waals surface area contributed by atoms with E-state index in [2.05, 4.69) is 13.0 Å². The number of hydrogen-bond acceptors (Lipinski definition) is 2. The molecule has 0 saturated heterocycles. The fraction of sp³-hybridized carbons (Fsp3) is 0.636. The van der Waals surface area contributed by atoms with Crippen molar-refractivity contribution in [3.63, 3.8) is 0 Å². The van der Waals surface area contributed by atoms with Gasteiger partial charge in [0.2, 0.25) is 0 Å². The predicted octanol–water partition coefficient (Wildman–Crippen LogP) is 5.05. The molecule has 3 aliphatic carbocycles. The molecule has 0 spiro atoms. The lowest BCUT2D eigenvalue weighted by Crippen LogP contribution is -2.31. The van der Waals surface area contributed by atoms with E-state index in [4.69, 9.17) is 5.10 Å². The predicted molar refractivity (Wildman–Crippen MR) is 101 cm³/mol. The van der Waals surface area contributed by atoms with Crippen LogP contribution in [0, 0.1) is 17.8 Å². The molecule has 2 aromatic rings. The molecular weight excluding hydrogens is 308 g/mol. The number of aromatic nitrogens is 2. The Morgan fingerprint density at radius 3 is 2.24 bits per heavy atom. The highest BCUT2D eigenvalue weighted by Gasteiger charge is 2.44. The molecule has 1 heterocycles. The summed E-state index contributed by atoms with van der Waals surface area (Å²) in [6, 6.07) is 8.51. The summed E-state index contributed by atoms with van der Waals surface area (Å²) in [5.41, 5.74) is 1.30. The van der Waals surface area contributed by atoms with Gasteiger partial charge in [0.1, 0.15) is 0 Å². The highest BCUT2D eigenvalue weighted by molar-refractivity contribution is 5.83. The Morgan fingerprint density at radius 1 is 1.04 bits per heavy atom. The molecule has 3 saturated carbocycles. The second-order valence-corrected chi connectivity index (χ2v) is 8.78. The summed E-state index contributed by atoms with van der Waals surface area (Å²) in [4.78, 5) is 13.2. The maximum absolute atomic E-state index is 13.2. The molecule has 3 aliphatic rings. The van der Waals surface area contributed by atoms with Crippen LogP contribution in [0.25, 0.3) is 10.8 Å². The Bertz CT molecular complexity index is 831. The molecule has 0 radical (unpaired) electrons. The van der Waals surface area contributed by atoms with Gasteiger partial charge in [0.15, 0.2) is 0 Å². The van der Waals surface area contributed by atoms with Gasteiger partial charge in [-0.1, -0.05) is 44.4 Å². The van der Waals surface area contributed by atoms with E-state index in [0.29, 0.717) is 23.8 Å². The van der Waals surface area contributed by atoms with Gasteiger partial charge >= 0.3 is 0 Å². The first-order valence-corrected chi connectivity index (χ1v) is 10.2. The van der Waals surface area contributed by atoms with Crippen molar-refractivity contribution in [2.24, 2.45) is 17.8 Å². The van der Waals surface area contributed by atoms with Crippen molar-refractivity contribution in [1.29, 1.82) is 0 Å². The number of nitrogens with zero attached hydrogens (tertiary/aromatic N) is 2. The zero-order chi connectivity index (χ0) is 17.0. The van der Waals surface area contributed by atoms with Crippen LogP contribution < -0.4 is 5.56 Å². The standard InChI is InChI=1S/C22H28N2O/c1-14(13-15-5-4-6-15)20-18-7-2-3-8-19(18)22(25)24(23-20)21(16-9-10-16)17-11-12-17/h2-3,7-8,14-17,21H,4-6,9-13H2,1H3/t14-/m0/s1. The summed E-state index contributed by atoms with van der Waals surface area (Å²) in [7, 11) is 0. The zero-order valence-corrected chi connectivity index (χ0v) is 15.2. The Balaban J connectivity index is 1.62. The minimum atomic E-state index is 0.138. The van der Waals surface area contributed by atoms with E-state index in [1.807, 2.05) is 22.9 Å². The highest BCUT2D eigenvalue weighted by Crippen LogP contribution is 2.51. The van der Waals surface area contributed by atoms with Crippen LogP contribution in [0.5, 0.6) is 0 Å². The zero-order valence-electron chi connectivity index (χ0n) is 15.2. The molecule has 0 N–H and O–H groups in total. The monoisotopic (exact) mass is 336 g/mol. The van der Waals surface area contributed by atoms with Crippen molar-refractivity contribution < 1.29 is 0 Å². The average molecular weight is 336 g/mol. The van der Waals surface area contributed by atoms with Crippen LogP contribution in [0.3, 0.4) is 0 Å². The van der Waals surface area contributed by atoms with E-state index in [9.17, 15) is 4.79 Å². The molecule has 3 nitrogen and oxygen atoms in total. The minimum absolute atomic E-state index is 0.138. The van der Waals surface area contributed by atoms with Gasteiger partial charge in [0, 0.05) is 11.3 Å². The number of benzene rings is 1. The lowest BCUT2D eigenvalue weighted by atomic mass is 9.78. The van der Waals surface area contributed by atoms with Crippen LogP contribution in [0.2, 0.25) is 0 Å². The van der Waals surface area contributed by atoms with Gasteiger partial charge in [-0.3, -0.25) is 4.79 Å². The summed E-state index contributed by atoms with van der Waals surface area (Å²) in [6.45, 7) is 2.31.